The monoisotopic (exact) mass is 535 g/mol. The van der Waals surface area contributed by atoms with Crippen LogP contribution in [-0.4, -0.2) is 70.0 Å². The molecule has 1 aliphatic rings. The Kier molecular flexibility index (Phi) is 8.97. The summed E-state index contributed by atoms with van der Waals surface area (Å²) >= 11 is 0. The lowest BCUT2D eigenvalue weighted by Gasteiger charge is -2.35. The molecule has 1 fully saturated rings. The fourth-order valence-electron chi connectivity index (χ4n) is 4.13. The number of amides is 2. The normalized spacial score (nSPS) is 14.3. The Labute approximate surface area is 218 Å². The number of piperazine rings is 1. The van der Waals surface area contributed by atoms with Gasteiger partial charge in [-0.2, -0.15) is 13.2 Å². The van der Waals surface area contributed by atoms with Crippen LogP contribution in [0.3, 0.4) is 0 Å². The number of allylic oxidation sites excluding steroid dienone is 1. The maximum absolute atomic E-state index is 13.2. The second-order valence-electron chi connectivity index (χ2n) is 9.52. The number of carbonyl (C=O) groups is 2. The van der Waals surface area contributed by atoms with Crippen molar-refractivity contribution in [3.8, 4) is 0 Å². The third-order valence-corrected chi connectivity index (χ3v) is 6.46. The van der Waals surface area contributed by atoms with Gasteiger partial charge in [-0.1, -0.05) is 11.6 Å². The van der Waals surface area contributed by atoms with Gasteiger partial charge in [0, 0.05) is 71.5 Å². The van der Waals surface area contributed by atoms with Gasteiger partial charge < -0.3 is 14.4 Å². The lowest BCUT2D eigenvalue weighted by Crippen LogP contribution is -2.49. The molecule has 2 aromatic rings. The average Bonchev–Trinajstić information content (AvgIpc) is 2.88. The fourth-order valence-corrected chi connectivity index (χ4v) is 4.13. The quantitative estimate of drug-likeness (QED) is 0.508. The zero-order chi connectivity index (χ0) is 28.2. The maximum atomic E-state index is 13.2. The second-order valence-corrected chi connectivity index (χ2v) is 9.52. The smallest absolute Gasteiger partial charge is 0.336 e. The van der Waals surface area contributed by atoms with Crippen molar-refractivity contribution in [3.05, 3.63) is 74.1 Å². The van der Waals surface area contributed by atoms with E-state index in [0.717, 1.165) is 22.3 Å². The summed E-state index contributed by atoms with van der Waals surface area (Å²) in [7, 11) is 2.88. The average molecular weight is 536 g/mol. The number of anilines is 1. The van der Waals surface area contributed by atoms with Crippen LogP contribution in [0.1, 0.15) is 36.2 Å². The first kappa shape index (κ1) is 28.9. The molecule has 3 rings (SSSR count). The van der Waals surface area contributed by atoms with Gasteiger partial charge in [0.1, 0.15) is 5.69 Å². The molecule has 0 saturated carbocycles. The molecule has 0 bridgehead atoms. The van der Waals surface area contributed by atoms with Crippen molar-refractivity contribution in [2.45, 2.75) is 26.4 Å². The molecule has 0 radical (unpaired) electrons. The summed E-state index contributed by atoms with van der Waals surface area (Å²) in [5.41, 5.74) is -0.577. The van der Waals surface area contributed by atoms with E-state index >= 15 is 0 Å². The van der Waals surface area contributed by atoms with Crippen molar-refractivity contribution in [3.63, 3.8) is 0 Å². The highest BCUT2D eigenvalue weighted by molar-refractivity contribution is 5.94. The Bertz CT molecular complexity index is 1320. The summed E-state index contributed by atoms with van der Waals surface area (Å²) in [4.78, 5) is 55.7. The van der Waals surface area contributed by atoms with Crippen LogP contribution in [-0.2, 0) is 25.1 Å². The Hall–Kier alpha value is -3.67. The number of hydrogen-bond donors (Lipinski definition) is 0. The van der Waals surface area contributed by atoms with E-state index < -0.39 is 23.0 Å². The second kappa shape index (κ2) is 11.8. The van der Waals surface area contributed by atoms with Gasteiger partial charge in [0.05, 0.1) is 5.56 Å². The molecule has 0 N–H and O–H groups in total. The molecule has 2 heterocycles. The summed E-state index contributed by atoms with van der Waals surface area (Å²) in [6, 6.07) is 4.16. The number of rotatable bonds is 7. The number of alkyl halides is 3. The van der Waals surface area contributed by atoms with Crippen LogP contribution in [0.4, 0.5) is 18.9 Å². The van der Waals surface area contributed by atoms with E-state index in [9.17, 15) is 32.3 Å². The lowest BCUT2D eigenvalue weighted by atomic mass is 10.1. The summed E-state index contributed by atoms with van der Waals surface area (Å²) in [5, 5.41) is 0. The molecule has 9 nitrogen and oxygen atoms in total. The van der Waals surface area contributed by atoms with Gasteiger partial charge in [-0.05, 0) is 38.1 Å². The van der Waals surface area contributed by atoms with Gasteiger partial charge in [-0.25, -0.2) is 4.79 Å². The van der Waals surface area contributed by atoms with Crippen molar-refractivity contribution in [1.29, 1.82) is 0 Å². The number of nitrogens with zero attached hydrogens (tertiary/aromatic N) is 5. The molecule has 206 valence electrons. The van der Waals surface area contributed by atoms with Crippen molar-refractivity contribution in [2.24, 2.45) is 14.1 Å². The number of aromatic nitrogens is 2. The number of halogens is 3. The largest absolute Gasteiger partial charge is 0.416 e. The van der Waals surface area contributed by atoms with E-state index in [2.05, 4.69) is 0 Å². The highest BCUT2D eigenvalue weighted by atomic mass is 19.4. The van der Waals surface area contributed by atoms with Crippen LogP contribution < -0.4 is 16.1 Å². The number of hydrogen-bond acceptors (Lipinski definition) is 5. The van der Waals surface area contributed by atoms with Gasteiger partial charge >= 0.3 is 11.9 Å². The SMILES string of the molecule is CC(C)=CCN(C(=O)CCN1CCN(C(=O)c2ccc(C(F)(F)F)cc2)CC1)c1cn(C)c(=O)n(C)c1=O. The van der Waals surface area contributed by atoms with E-state index in [1.54, 1.807) is 4.90 Å². The van der Waals surface area contributed by atoms with E-state index in [1.165, 1.54) is 41.9 Å². The summed E-state index contributed by atoms with van der Waals surface area (Å²) in [5.74, 6) is -0.616. The molecule has 1 aliphatic heterocycles. The van der Waals surface area contributed by atoms with Crippen LogP contribution >= 0.6 is 0 Å². The molecular formula is C26H32F3N5O4. The third kappa shape index (κ3) is 6.80. The van der Waals surface area contributed by atoms with E-state index in [1.807, 2.05) is 24.8 Å². The van der Waals surface area contributed by atoms with Crippen molar-refractivity contribution < 1.29 is 22.8 Å². The molecular weight excluding hydrogens is 503 g/mol. The highest BCUT2D eigenvalue weighted by Gasteiger charge is 2.31. The van der Waals surface area contributed by atoms with Gasteiger partial charge in [-0.15, -0.1) is 0 Å². The van der Waals surface area contributed by atoms with Crippen LogP contribution in [0.25, 0.3) is 0 Å². The molecule has 2 amide bonds. The predicted octanol–water partition coefficient (Wildman–Crippen LogP) is 2.25. The van der Waals surface area contributed by atoms with Crippen molar-refractivity contribution in [2.75, 3.05) is 44.2 Å². The highest BCUT2D eigenvalue weighted by Crippen LogP contribution is 2.29. The van der Waals surface area contributed by atoms with Crippen molar-refractivity contribution in [1.82, 2.24) is 18.9 Å². The van der Waals surface area contributed by atoms with Crippen molar-refractivity contribution >= 4 is 17.5 Å². The summed E-state index contributed by atoms with van der Waals surface area (Å²) < 4.78 is 40.6. The summed E-state index contributed by atoms with van der Waals surface area (Å²) in [6.07, 6.45) is -1.15. The van der Waals surface area contributed by atoms with Gasteiger partial charge in [0.2, 0.25) is 5.91 Å². The molecule has 1 aromatic carbocycles. The molecule has 0 aliphatic carbocycles. The summed E-state index contributed by atoms with van der Waals surface area (Å²) in [6.45, 7) is 6.08. The predicted molar refractivity (Wildman–Crippen MR) is 137 cm³/mol. The molecule has 0 unspecified atom stereocenters. The van der Waals surface area contributed by atoms with Gasteiger partial charge in [0.15, 0.2) is 0 Å². The maximum Gasteiger partial charge on any atom is 0.416 e. The molecule has 38 heavy (non-hydrogen) atoms. The minimum absolute atomic E-state index is 0.115. The first-order valence-corrected chi connectivity index (χ1v) is 12.2. The third-order valence-electron chi connectivity index (χ3n) is 6.46. The number of aryl methyl sites for hydroxylation is 1. The van der Waals surface area contributed by atoms with Gasteiger partial charge in [0.25, 0.3) is 11.5 Å². The molecule has 1 aromatic heterocycles. The van der Waals surface area contributed by atoms with Gasteiger partial charge in [-0.3, -0.25) is 23.9 Å². The van der Waals surface area contributed by atoms with E-state index in [0.29, 0.717) is 32.7 Å². The first-order chi connectivity index (χ1) is 17.8. The minimum Gasteiger partial charge on any atom is -0.336 e. The van der Waals surface area contributed by atoms with E-state index in [4.69, 9.17) is 0 Å². The standard InChI is InChI=1S/C26H32F3N5O4/c1-18(2)9-12-34(21-17-30(3)25(38)31(4)24(21)37)22(35)10-11-32-13-15-33(16-14-32)23(36)19-5-7-20(8-6-19)26(27,28)29/h5-9,17H,10-16H2,1-4H3. The lowest BCUT2D eigenvalue weighted by molar-refractivity contribution is -0.137. The topological polar surface area (TPSA) is 87.9 Å². The zero-order valence-electron chi connectivity index (χ0n) is 21.9. The Morgan fingerprint density at radius 2 is 1.61 bits per heavy atom. The fraction of sp³-hybridized carbons (Fsp3) is 0.462. The van der Waals surface area contributed by atoms with Crippen LogP contribution in [0.15, 0.2) is 51.7 Å². The molecule has 1 saturated heterocycles. The zero-order valence-corrected chi connectivity index (χ0v) is 21.9. The Balaban J connectivity index is 1.62. The number of carbonyl (C=O) groups excluding carboxylic acids is 2. The first-order valence-electron chi connectivity index (χ1n) is 12.2. The van der Waals surface area contributed by atoms with Crippen LogP contribution in [0, 0.1) is 0 Å². The number of benzene rings is 1. The molecule has 12 heteroatoms. The molecule has 0 atom stereocenters. The Morgan fingerprint density at radius 1 is 1.00 bits per heavy atom. The van der Waals surface area contributed by atoms with E-state index in [-0.39, 0.29) is 36.0 Å². The van der Waals surface area contributed by atoms with Crippen LogP contribution in [0.2, 0.25) is 0 Å². The minimum atomic E-state index is -4.46. The molecule has 0 spiro atoms. The Morgan fingerprint density at radius 3 is 2.16 bits per heavy atom. The van der Waals surface area contributed by atoms with Crippen LogP contribution in [0.5, 0.6) is 0 Å².